The third kappa shape index (κ3) is 3.17. The Morgan fingerprint density at radius 1 is 1.33 bits per heavy atom. The van der Waals surface area contributed by atoms with E-state index in [1.807, 2.05) is 11.9 Å². The molecule has 1 saturated carbocycles. The summed E-state index contributed by atoms with van der Waals surface area (Å²) in [5, 5.41) is 0. The highest BCUT2D eigenvalue weighted by molar-refractivity contribution is 5.95. The van der Waals surface area contributed by atoms with Crippen LogP contribution in [0, 0.1) is 13.8 Å². The number of nitrogens with zero attached hydrogens (tertiary/aromatic N) is 2. The van der Waals surface area contributed by atoms with Crippen molar-refractivity contribution < 1.29 is 4.79 Å². The Labute approximate surface area is 129 Å². The van der Waals surface area contributed by atoms with E-state index in [2.05, 4.69) is 38.3 Å². The fraction of sp³-hybridized carbons (Fsp3) is 0.722. The SMILES string of the molecule is CCC(C)N(C)C(=O)c1cc(C)n(C2CCCCC2)c1C. The monoisotopic (exact) mass is 290 g/mol. The molecule has 0 N–H and O–H groups in total. The molecule has 1 heterocycles. The molecule has 1 aliphatic carbocycles. The predicted octanol–water partition coefficient (Wildman–Crippen LogP) is 4.48. The molecule has 1 amide bonds. The fourth-order valence-electron chi connectivity index (χ4n) is 3.56. The van der Waals surface area contributed by atoms with Gasteiger partial charge in [-0.3, -0.25) is 4.79 Å². The first-order valence-electron chi connectivity index (χ1n) is 8.43. The van der Waals surface area contributed by atoms with Crippen molar-refractivity contribution in [2.75, 3.05) is 7.05 Å². The van der Waals surface area contributed by atoms with E-state index in [0.29, 0.717) is 6.04 Å². The van der Waals surface area contributed by atoms with Crippen molar-refractivity contribution in [3.63, 3.8) is 0 Å². The predicted molar refractivity (Wildman–Crippen MR) is 87.9 cm³/mol. The average Bonchev–Trinajstić information content (AvgIpc) is 2.80. The average molecular weight is 290 g/mol. The lowest BCUT2D eigenvalue weighted by Gasteiger charge is -2.27. The van der Waals surface area contributed by atoms with Gasteiger partial charge in [0.05, 0.1) is 5.56 Å². The standard InChI is InChI=1S/C18H30N2O/c1-6-13(2)19(5)18(21)17-12-14(3)20(15(17)4)16-10-8-7-9-11-16/h12-13,16H,6-11H2,1-5H3. The van der Waals surface area contributed by atoms with Gasteiger partial charge in [0.2, 0.25) is 0 Å². The van der Waals surface area contributed by atoms with E-state index in [-0.39, 0.29) is 11.9 Å². The summed E-state index contributed by atoms with van der Waals surface area (Å²) < 4.78 is 2.41. The number of carbonyl (C=O) groups is 1. The summed E-state index contributed by atoms with van der Waals surface area (Å²) in [5.41, 5.74) is 3.28. The Hall–Kier alpha value is -1.25. The molecule has 118 valence electrons. The third-order valence-electron chi connectivity index (χ3n) is 5.23. The van der Waals surface area contributed by atoms with E-state index in [4.69, 9.17) is 0 Å². The highest BCUT2D eigenvalue weighted by Gasteiger charge is 2.25. The summed E-state index contributed by atoms with van der Waals surface area (Å²) in [6.07, 6.45) is 7.49. The van der Waals surface area contributed by atoms with Gasteiger partial charge in [0.1, 0.15) is 0 Å². The molecule has 0 bridgehead atoms. The number of hydrogen-bond acceptors (Lipinski definition) is 1. The van der Waals surface area contributed by atoms with E-state index in [1.54, 1.807) is 0 Å². The van der Waals surface area contributed by atoms with E-state index < -0.39 is 0 Å². The van der Waals surface area contributed by atoms with Gasteiger partial charge >= 0.3 is 0 Å². The second-order valence-corrected chi connectivity index (χ2v) is 6.62. The fourth-order valence-corrected chi connectivity index (χ4v) is 3.56. The van der Waals surface area contributed by atoms with Crippen LogP contribution in [0.25, 0.3) is 0 Å². The van der Waals surface area contributed by atoms with Crippen LogP contribution in [-0.4, -0.2) is 28.5 Å². The Morgan fingerprint density at radius 2 is 1.95 bits per heavy atom. The molecule has 0 aromatic carbocycles. The largest absolute Gasteiger partial charge is 0.345 e. The zero-order valence-electron chi connectivity index (χ0n) is 14.3. The Balaban J connectivity index is 2.28. The minimum atomic E-state index is 0.166. The maximum atomic E-state index is 12.7. The maximum Gasteiger partial charge on any atom is 0.255 e. The quantitative estimate of drug-likeness (QED) is 0.802. The second-order valence-electron chi connectivity index (χ2n) is 6.62. The molecule has 3 heteroatoms. The molecule has 0 saturated heterocycles. The van der Waals surface area contributed by atoms with Gasteiger partial charge < -0.3 is 9.47 Å². The van der Waals surface area contributed by atoms with Crippen LogP contribution in [0.3, 0.4) is 0 Å². The highest BCUT2D eigenvalue weighted by atomic mass is 16.2. The molecule has 1 aromatic rings. The van der Waals surface area contributed by atoms with Gasteiger partial charge in [-0.1, -0.05) is 26.2 Å². The molecule has 1 atom stereocenters. The van der Waals surface area contributed by atoms with Gasteiger partial charge in [0, 0.05) is 30.5 Å². The molecule has 2 rings (SSSR count). The van der Waals surface area contributed by atoms with E-state index in [0.717, 1.165) is 17.7 Å². The highest BCUT2D eigenvalue weighted by Crippen LogP contribution is 2.32. The molecule has 3 nitrogen and oxygen atoms in total. The van der Waals surface area contributed by atoms with Crippen LogP contribution in [-0.2, 0) is 0 Å². The van der Waals surface area contributed by atoms with Crippen molar-refractivity contribution >= 4 is 5.91 Å². The summed E-state index contributed by atoms with van der Waals surface area (Å²) in [6.45, 7) is 8.49. The van der Waals surface area contributed by atoms with Crippen LogP contribution >= 0.6 is 0 Å². The van der Waals surface area contributed by atoms with Gasteiger partial charge in [-0.15, -0.1) is 0 Å². The van der Waals surface area contributed by atoms with Crippen molar-refractivity contribution in [3.05, 3.63) is 23.0 Å². The van der Waals surface area contributed by atoms with Crippen LogP contribution in [0.2, 0.25) is 0 Å². The molecule has 1 unspecified atom stereocenters. The summed E-state index contributed by atoms with van der Waals surface area (Å²) in [4.78, 5) is 14.6. The lowest BCUT2D eigenvalue weighted by molar-refractivity contribution is 0.0739. The number of rotatable bonds is 4. The second kappa shape index (κ2) is 6.67. The smallest absolute Gasteiger partial charge is 0.255 e. The van der Waals surface area contributed by atoms with Crippen molar-refractivity contribution in [3.8, 4) is 0 Å². The summed E-state index contributed by atoms with van der Waals surface area (Å²) in [6, 6.07) is 2.97. The topological polar surface area (TPSA) is 25.2 Å². The minimum Gasteiger partial charge on any atom is -0.345 e. The number of aryl methyl sites for hydroxylation is 1. The van der Waals surface area contributed by atoms with Crippen molar-refractivity contribution in [1.29, 1.82) is 0 Å². The third-order valence-corrected chi connectivity index (χ3v) is 5.23. The number of aromatic nitrogens is 1. The first-order valence-corrected chi connectivity index (χ1v) is 8.43. The summed E-state index contributed by atoms with van der Waals surface area (Å²) in [5.74, 6) is 0.166. The minimum absolute atomic E-state index is 0.166. The van der Waals surface area contributed by atoms with E-state index in [1.165, 1.54) is 37.8 Å². The van der Waals surface area contributed by atoms with Crippen LogP contribution < -0.4 is 0 Å². The van der Waals surface area contributed by atoms with Crippen LogP contribution in [0.5, 0.6) is 0 Å². The van der Waals surface area contributed by atoms with Gasteiger partial charge in [0.15, 0.2) is 0 Å². The van der Waals surface area contributed by atoms with Crippen LogP contribution in [0.1, 0.15) is 80.2 Å². The van der Waals surface area contributed by atoms with Gasteiger partial charge in [-0.05, 0) is 46.1 Å². The normalized spacial score (nSPS) is 17.8. The zero-order chi connectivity index (χ0) is 15.6. The molecule has 0 radical (unpaired) electrons. The maximum absolute atomic E-state index is 12.7. The lowest BCUT2D eigenvalue weighted by Crippen LogP contribution is -2.34. The van der Waals surface area contributed by atoms with Gasteiger partial charge in [-0.2, -0.15) is 0 Å². The van der Waals surface area contributed by atoms with Crippen molar-refractivity contribution in [1.82, 2.24) is 9.47 Å². The Bertz CT molecular complexity index is 498. The van der Waals surface area contributed by atoms with E-state index in [9.17, 15) is 4.79 Å². The van der Waals surface area contributed by atoms with Crippen molar-refractivity contribution in [2.24, 2.45) is 0 Å². The van der Waals surface area contributed by atoms with E-state index >= 15 is 0 Å². The zero-order valence-corrected chi connectivity index (χ0v) is 14.3. The Kier molecular flexibility index (Phi) is 5.13. The first-order chi connectivity index (χ1) is 9.97. The molecule has 21 heavy (non-hydrogen) atoms. The molecule has 0 aliphatic heterocycles. The van der Waals surface area contributed by atoms with Gasteiger partial charge in [-0.25, -0.2) is 0 Å². The lowest BCUT2D eigenvalue weighted by atomic mass is 9.95. The Morgan fingerprint density at radius 3 is 2.52 bits per heavy atom. The number of carbonyl (C=O) groups excluding carboxylic acids is 1. The van der Waals surface area contributed by atoms with Gasteiger partial charge in [0.25, 0.3) is 5.91 Å². The summed E-state index contributed by atoms with van der Waals surface area (Å²) in [7, 11) is 1.92. The molecular formula is C18H30N2O. The summed E-state index contributed by atoms with van der Waals surface area (Å²) >= 11 is 0. The van der Waals surface area contributed by atoms with Crippen LogP contribution in [0.4, 0.5) is 0 Å². The van der Waals surface area contributed by atoms with Crippen molar-refractivity contribution in [2.45, 2.75) is 78.3 Å². The molecule has 0 spiro atoms. The molecular weight excluding hydrogens is 260 g/mol. The number of amides is 1. The molecule has 1 aliphatic rings. The first kappa shape index (κ1) is 16.1. The molecule has 1 fully saturated rings. The molecule has 1 aromatic heterocycles. The number of hydrogen-bond donors (Lipinski definition) is 0. The van der Waals surface area contributed by atoms with Crippen LogP contribution in [0.15, 0.2) is 6.07 Å².